The molecule has 6 nitrogen and oxygen atoms in total. The fourth-order valence-corrected chi connectivity index (χ4v) is 3.35. The van der Waals surface area contributed by atoms with Crippen molar-refractivity contribution in [3.05, 3.63) is 63.3 Å². The standard InChI is InChI=1S/C19H24N4O2/c1-3-23-12-15-7-5-4-6-14(15)11-16(23)19(25)20-9-8-17-21-13(2)10-18(24)22-17/h4-7,10,16H,3,8-9,11-12H2,1-2H3,(H,20,25)(H,21,22,24)/t16-/m0/s1. The van der Waals surface area contributed by atoms with E-state index in [-0.39, 0.29) is 17.5 Å². The maximum Gasteiger partial charge on any atom is 0.251 e. The van der Waals surface area contributed by atoms with Gasteiger partial charge >= 0.3 is 0 Å². The lowest BCUT2D eigenvalue weighted by Crippen LogP contribution is -2.50. The summed E-state index contributed by atoms with van der Waals surface area (Å²) in [5, 5.41) is 2.99. The van der Waals surface area contributed by atoms with Gasteiger partial charge in [0, 0.05) is 31.3 Å². The number of carbonyl (C=O) groups excluding carboxylic acids is 1. The third kappa shape index (κ3) is 4.14. The van der Waals surface area contributed by atoms with Crippen LogP contribution in [0.3, 0.4) is 0 Å². The number of nitrogens with one attached hydrogen (secondary N) is 2. The lowest BCUT2D eigenvalue weighted by molar-refractivity contribution is -0.126. The molecule has 6 heteroatoms. The largest absolute Gasteiger partial charge is 0.354 e. The highest BCUT2D eigenvalue weighted by Gasteiger charge is 2.30. The topological polar surface area (TPSA) is 78.1 Å². The molecule has 1 aliphatic heterocycles. The second-order valence-corrected chi connectivity index (χ2v) is 6.43. The van der Waals surface area contributed by atoms with Crippen molar-refractivity contribution in [1.82, 2.24) is 20.2 Å². The van der Waals surface area contributed by atoms with Crippen LogP contribution in [0.1, 0.15) is 29.6 Å². The number of hydrogen-bond donors (Lipinski definition) is 2. The molecule has 3 rings (SSSR count). The second kappa shape index (κ2) is 7.61. The zero-order chi connectivity index (χ0) is 17.8. The molecule has 1 atom stereocenters. The van der Waals surface area contributed by atoms with Gasteiger partial charge in [0.05, 0.1) is 6.04 Å². The van der Waals surface area contributed by atoms with Crippen molar-refractivity contribution >= 4 is 5.91 Å². The summed E-state index contributed by atoms with van der Waals surface area (Å²) in [5.41, 5.74) is 3.08. The molecule has 0 saturated carbocycles. The summed E-state index contributed by atoms with van der Waals surface area (Å²) in [6.07, 6.45) is 1.24. The number of aromatic amines is 1. The number of amides is 1. The van der Waals surface area contributed by atoms with Crippen molar-refractivity contribution in [2.75, 3.05) is 13.1 Å². The molecular formula is C19H24N4O2. The van der Waals surface area contributed by atoms with Gasteiger partial charge in [-0.05, 0) is 31.0 Å². The second-order valence-electron chi connectivity index (χ2n) is 6.43. The van der Waals surface area contributed by atoms with Crippen LogP contribution in [-0.4, -0.2) is 39.9 Å². The molecule has 0 bridgehead atoms. The number of hydrogen-bond acceptors (Lipinski definition) is 4. The molecule has 1 amide bonds. The van der Waals surface area contributed by atoms with Gasteiger partial charge in [-0.15, -0.1) is 0 Å². The summed E-state index contributed by atoms with van der Waals surface area (Å²) in [4.78, 5) is 33.3. The lowest BCUT2D eigenvalue weighted by Gasteiger charge is -2.35. The van der Waals surface area contributed by atoms with E-state index in [1.165, 1.54) is 17.2 Å². The predicted molar refractivity (Wildman–Crippen MR) is 96.3 cm³/mol. The van der Waals surface area contributed by atoms with Crippen LogP contribution in [0.25, 0.3) is 0 Å². The maximum atomic E-state index is 12.7. The number of aromatic nitrogens is 2. The molecule has 1 aromatic heterocycles. The van der Waals surface area contributed by atoms with Crippen LogP contribution in [-0.2, 0) is 24.2 Å². The van der Waals surface area contributed by atoms with E-state index in [0.717, 1.165) is 19.5 Å². The molecule has 0 radical (unpaired) electrons. The van der Waals surface area contributed by atoms with Gasteiger partial charge in [0.2, 0.25) is 5.91 Å². The van der Waals surface area contributed by atoms with Gasteiger partial charge in [0.15, 0.2) is 0 Å². The van der Waals surface area contributed by atoms with E-state index in [1.807, 2.05) is 12.1 Å². The minimum atomic E-state index is -0.158. The molecule has 2 aromatic rings. The highest BCUT2D eigenvalue weighted by atomic mass is 16.2. The summed E-state index contributed by atoms with van der Waals surface area (Å²) in [6.45, 7) is 5.96. The number of carbonyl (C=O) groups is 1. The number of H-pyrrole nitrogens is 1. The van der Waals surface area contributed by atoms with E-state index >= 15 is 0 Å². The van der Waals surface area contributed by atoms with Crippen LogP contribution in [0.15, 0.2) is 35.1 Å². The molecule has 0 spiro atoms. The summed E-state index contributed by atoms with van der Waals surface area (Å²) in [7, 11) is 0. The molecule has 0 aliphatic carbocycles. The normalized spacial score (nSPS) is 17.1. The molecule has 0 saturated heterocycles. The number of aryl methyl sites for hydroxylation is 1. The SMILES string of the molecule is CCN1Cc2ccccc2C[C@H]1C(=O)NCCc1nc(C)cc(=O)[nH]1. The van der Waals surface area contributed by atoms with Gasteiger partial charge in [0.25, 0.3) is 5.56 Å². The summed E-state index contributed by atoms with van der Waals surface area (Å²) < 4.78 is 0. The average molecular weight is 340 g/mol. The number of fused-ring (bicyclic) bond motifs is 1. The monoisotopic (exact) mass is 340 g/mol. The quantitative estimate of drug-likeness (QED) is 0.857. The van der Waals surface area contributed by atoms with Crippen molar-refractivity contribution in [2.45, 2.75) is 39.3 Å². The minimum absolute atomic E-state index is 0.0337. The zero-order valence-electron chi connectivity index (χ0n) is 14.7. The van der Waals surface area contributed by atoms with E-state index < -0.39 is 0 Å². The predicted octanol–water partition coefficient (Wildman–Crippen LogP) is 1.18. The first-order valence-electron chi connectivity index (χ1n) is 8.72. The first-order chi connectivity index (χ1) is 12.1. The smallest absolute Gasteiger partial charge is 0.251 e. The molecule has 2 heterocycles. The number of rotatable bonds is 5. The Morgan fingerprint density at radius 2 is 2.12 bits per heavy atom. The van der Waals surface area contributed by atoms with Gasteiger partial charge in [-0.1, -0.05) is 31.2 Å². The number of likely N-dealkylation sites (N-methyl/N-ethyl adjacent to an activating group) is 1. The van der Waals surface area contributed by atoms with Crippen molar-refractivity contribution in [3.8, 4) is 0 Å². The van der Waals surface area contributed by atoms with Gasteiger partial charge in [-0.25, -0.2) is 4.98 Å². The zero-order valence-corrected chi connectivity index (χ0v) is 14.7. The molecule has 2 N–H and O–H groups in total. The van der Waals surface area contributed by atoms with Crippen molar-refractivity contribution in [3.63, 3.8) is 0 Å². The van der Waals surface area contributed by atoms with Gasteiger partial charge in [0.1, 0.15) is 5.82 Å². The Labute approximate surface area is 147 Å². The van der Waals surface area contributed by atoms with E-state index in [0.29, 0.717) is 24.5 Å². The fourth-order valence-electron chi connectivity index (χ4n) is 3.35. The third-order valence-electron chi connectivity index (χ3n) is 4.63. The Hall–Kier alpha value is -2.47. The average Bonchev–Trinajstić information content (AvgIpc) is 2.59. The molecule has 0 unspecified atom stereocenters. The van der Waals surface area contributed by atoms with E-state index in [9.17, 15) is 9.59 Å². The van der Waals surface area contributed by atoms with Crippen LogP contribution in [0.2, 0.25) is 0 Å². The molecule has 0 fully saturated rings. The summed E-state index contributed by atoms with van der Waals surface area (Å²) in [6, 6.07) is 9.61. The fraction of sp³-hybridized carbons (Fsp3) is 0.421. The Kier molecular flexibility index (Phi) is 5.28. The van der Waals surface area contributed by atoms with Crippen LogP contribution < -0.4 is 10.9 Å². The first kappa shape index (κ1) is 17.4. The molecule has 1 aromatic carbocycles. The van der Waals surface area contributed by atoms with E-state index in [1.54, 1.807) is 6.92 Å². The Balaban J connectivity index is 1.61. The maximum absolute atomic E-state index is 12.7. The molecule has 25 heavy (non-hydrogen) atoms. The minimum Gasteiger partial charge on any atom is -0.354 e. The van der Waals surface area contributed by atoms with Crippen molar-refractivity contribution in [1.29, 1.82) is 0 Å². The molecule has 132 valence electrons. The van der Waals surface area contributed by atoms with E-state index in [2.05, 4.69) is 39.2 Å². The van der Waals surface area contributed by atoms with Crippen LogP contribution in [0.5, 0.6) is 0 Å². The summed E-state index contributed by atoms with van der Waals surface area (Å²) >= 11 is 0. The van der Waals surface area contributed by atoms with Gasteiger partial charge in [-0.3, -0.25) is 14.5 Å². The van der Waals surface area contributed by atoms with Crippen molar-refractivity contribution in [2.24, 2.45) is 0 Å². The number of benzene rings is 1. The highest BCUT2D eigenvalue weighted by molar-refractivity contribution is 5.82. The van der Waals surface area contributed by atoms with Gasteiger partial charge in [-0.2, -0.15) is 0 Å². The summed E-state index contributed by atoms with van der Waals surface area (Å²) in [5.74, 6) is 0.637. The van der Waals surface area contributed by atoms with Crippen molar-refractivity contribution < 1.29 is 4.79 Å². The Morgan fingerprint density at radius 3 is 2.84 bits per heavy atom. The lowest BCUT2D eigenvalue weighted by atomic mass is 9.93. The Morgan fingerprint density at radius 1 is 1.36 bits per heavy atom. The first-order valence-corrected chi connectivity index (χ1v) is 8.72. The highest BCUT2D eigenvalue weighted by Crippen LogP contribution is 2.23. The third-order valence-corrected chi connectivity index (χ3v) is 4.63. The van der Waals surface area contributed by atoms with Crippen LogP contribution >= 0.6 is 0 Å². The molecular weight excluding hydrogens is 316 g/mol. The number of nitrogens with zero attached hydrogens (tertiary/aromatic N) is 2. The van der Waals surface area contributed by atoms with Gasteiger partial charge < -0.3 is 10.3 Å². The van der Waals surface area contributed by atoms with E-state index in [4.69, 9.17) is 0 Å². The molecule has 1 aliphatic rings. The Bertz CT molecular complexity index is 815. The van der Waals surface area contributed by atoms with Crippen LogP contribution in [0.4, 0.5) is 0 Å². The van der Waals surface area contributed by atoms with Crippen LogP contribution in [0, 0.1) is 6.92 Å².